The van der Waals surface area contributed by atoms with Crippen molar-refractivity contribution >= 4 is 42.6 Å². The Hall–Kier alpha value is -2.29. The molecule has 6 nitrogen and oxygen atoms in total. The van der Waals surface area contributed by atoms with E-state index in [1.165, 1.54) is 21.2 Å². The number of aryl methyl sites for hydroxylation is 3. The van der Waals surface area contributed by atoms with Crippen LogP contribution in [0.3, 0.4) is 0 Å². The van der Waals surface area contributed by atoms with Gasteiger partial charge in [0.05, 0.1) is 15.1 Å². The number of carbonyl (C=O) groups excluding carboxylic acids is 1. The van der Waals surface area contributed by atoms with Crippen LogP contribution in [-0.4, -0.2) is 36.7 Å². The number of benzene rings is 2. The van der Waals surface area contributed by atoms with Crippen LogP contribution >= 0.6 is 11.3 Å². The molecule has 0 atom stereocenters. The van der Waals surface area contributed by atoms with Gasteiger partial charge in [0, 0.05) is 19.0 Å². The highest BCUT2D eigenvalue weighted by Crippen LogP contribution is 2.31. The Morgan fingerprint density at radius 3 is 2.50 bits per heavy atom. The molecule has 30 heavy (non-hydrogen) atoms. The Balaban J connectivity index is 1.42. The summed E-state index contributed by atoms with van der Waals surface area (Å²) in [6.07, 6.45) is 1.000. The molecule has 0 aliphatic carbocycles. The highest BCUT2D eigenvalue weighted by molar-refractivity contribution is 7.89. The van der Waals surface area contributed by atoms with Gasteiger partial charge in [0.25, 0.3) is 0 Å². The summed E-state index contributed by atoms with van der Waals surface area (Å²) in [5.74, 6) is -0.306. The summed E-state index contributed by atoms with van der Waals surface area (Å²) < 4.78 is 28.4. The standard InChI is InChI=1S/C22H25N3O3S2/c1-14-12-16(3)20-18(13-14)29-22(23-20)24-21(26)17-8-10-25(11-9-17)30(27,28)19-7-5-4-6-15(19)2/h4-7,12-13,17H,8-11H2,1-3H3,(H,23,24,26). The fourth-order valence-electron chi connectivity index (χ4n) is 3.97. The van der Waals surface area contributed by atoms with Gasteiger partial charge in [-0.1, -0.05) is 35.6 Å². The van der Waals surface area contributed by atoms with Gasteiger partial charge in [0.1, 0.15) is 0 Å². The van der Waals surface area contributed by atoms with Crippen LogP contribution in [0.1, 0.15) is 29.5 Å². The molecule has 1 N–H and O–H groups in total. The van der Waals surface area contributed by atoms with Crippen LogP contribution in [0, 0.1) is 26.7 Å². The predicted molar refractivity (Wildman–Crippen MR) is 120 cm³/mol. The van der Waals surface area contributed by atoms with Gasteiger partial charge in [-0.2, -0.15) is 4.31 Å². The van der Waals surface area contributed by atoms with Crippen molar-refractivity contribution in [3.05, 3.63) is 53.1 Å². The number of carbonyl (C=O) groups is 1. The molecule has 0 bridgehead atoms. The summed E-state index contributed by atoms with van der Waals surface area (Å²) in [5.41, 5.74) is 3.92. The van der Waals surface area contributed by atoms with Gasteiger partial charge in [-0.15, -0.1) is 0 Å². The number of anilines is 1. The Morgan fingerprint density at radius 2 is 1.80 bits per heavy atom. The summed E-state index contributed by atoms with van der Waals surface area (Å²) in [5, 5.41) is 3.54. The Morgan fingerprint density at radius 1 is 1.10 bits per heavy atom. The summed E-state index contributed by atoms with van der Waals surface area (Å²) in [6.45, 7) is 6.54. The van der Waals surface area contributed by atoms with E-state index in [1.807, 2.05) is 19.9 Å². The number of fused-ring (bicyclic) bond motifs is 1. The van der Waals surface area contributed by atoms with Crippen molar-refractivity contribution in [2.75, 3.05) is 18.4 Å². The van der Waals surface area contributed by atoms with E-state index in [2.05, 4.69) is 22.4 Å². The lowest BCUT2D eigenvalue weighted by Gasteiger charge is -2.30. The van der Waals surface area contributed by atoms with Crippen molar-refractivity contribution < 1.29 is 13.2 Å². The van der Waals surface area contributed by atoms with Crippen molar-refractivity contribution in [3.63, 3.8) is 0 Å². The maximum Gasteiger partial charge on any atom is 0.243 e. The molecule has 0 radical (unpaired) electrons. The van der Waals surface area contributed by atoms with Crippen molar-refractivity contribution in [2.45, 2.75) is 38.5 Å². The van der Waals surface area contributed by atoms with E-state index in [4.69, 9.17) is 0 Å². The first-order valence-electron chi connectivity index (χ1n) is 10.00. The second kappa shape index (κ2) is 8.09. The third-order valence-electron chi connectivity index (χ3n) is 5.60. The average Bonchev–Trinajstić information content (AvgIpc) is 3.11. The Bertz CT molecular complexity index is 1210. The second-order valence-corrected chi connectivity index (χ2v) is 10.8. The number of thiazole rings is 1. The van der Waals surface area contributed by atoms with Gasteiger partial charge in [0.15, 0.2) is 5.13 Å². The molecule has 1 aliphatic rings. The van der Waals surface area contributed by atoms with Crippen molar-refractivity contribution in [1.82, 2.24) is 9.29 Å². The number of rotatable bonds is 4. The van der Waals surface area contributed by atoms with Crippen molar-refractivity contribution in [1.29, 1.82) is 0 Å². The van der Waals surface area contributed by atoms with Crippen molar-refractivity contribution in [3.8, 4) is 0 Å². The number of nitrogens with zero attached hydrogens (tertiary/aromatic N) is 2. The van der Waals surface area contributed by atoms with Gasteiger partial charge < -0.3 is 5.32 Å². The van der Waals surface area contributed by atoms with Crippen LogP contribution in [0.4, 0.5) is 5.13 Å². The highest BCUT2D eigenvalue weighted by atomic mass is 32.2. The quantitative estimate of drug-likeness (QED) is 0.653. The molecule has 1 amide bonds. The number of hydrogen-bond donors (Lipinski definition) is 1. The summed E-state index contributed by atoms with van der Waals surface area (Å²) in [7, 11) is -3.54. The van der Waals surface area contributed by atoms with E-state index in [1.54, 1.807) is 25.1 Å². The van der Waals surface area contributed by atoms with E-state index >= 15 is 0 Å². The maximum absolute atomic E-state index is 13.0. The molecule has 1 saturated heterocycles. The average molecular weight is 444 g/mol. The van der Waals surface area contributed by atoms with E-state index in [0.29, 0.717) is 36.0 Å². The molecule has 158 valence electrons. The zero-order chi connectivity index (χ0) is 21.5. The minimum absolute atomic E-state index is 0.0867. The molecule has 4 rings (SSSR count). The van der Waals surface area contributed by atoms with Crippen LogP contribution in [-0.2, 0) is 14.8 Å². The first-order valence-corrected chi connectivity index (χ1v) is 12.3. The van der Waals surface area contributed by atoms with Gasteiger partial charge >= 0.3 is 0 Å². The van der Waals surface area contributed by atoms with Crippen LogP contribution in [0.5, 0.6) is 0 Å². The van der Waals surface area contributed by atoms with Crippen LogP contribution < -0.4 is 5.32 Å². The van der Waals surface area contributed by atoms with E-state index in [9.17, 15) is 13.2 Å². The third kappa shape index (κ3) is 3.99. The molecule has 0 spiro atoms. The maximum atomic E-state index is 13.0. The molecule has 2 aromatic carbocycles. The minimum atomic E-state index is -3.54. The molecule has 3 aromatic rings. The smallest absolute Gasteiger partial charge is 0.243 e. The Labute approximate surface area is 181 Å². The van der Waals surface area contributed by atoms with Crippen LogP contribution in [0.15, 0.2) is 41.3 Å². The normalized spacial score (nSPS) is 16.1. The third-order valence-corrected chi connectivity index (χ3v) is 8.57. The lowest BCUT2D eigenvalue weighted by Crippen LogP contribution is -2.41. The summed E-state index contributed by atoms with van der Waals surface area (Å²) in [6, 6.07) is 11.2. The Kier molecular flexibility index (Phi) is 5.65. The number of nitrogens with one attached hydrogen (secondary N) is 1. The number of hydrogen-bond acceptors (Lipinski definition) is 5. The van der Waals surface area contributed by atoms with E-state index in [0.717, 1.165) is 21.3 Å². The van der Waals surface area contributed by atoms with Crippen LogP contribution in [0.25, 0.3) is 10.2 Å². The zero-order valence-corrected chi connectivity index (χ0v) is 18.9. The highest BCUT2D eigenvalue weighted by Gasteiger charge is 2.33. The summed E-state index contributed by atoms with van der Waals surface area (Å²) >= 11 is 1.47. The molecular formula is C22H25N3O3S2. The second-order valence-electron chi connectivity index (χ2n) is 7.88. The first-order chi connectivity index (χ1) is 14.3. The van der Waals surface area contributed by atoms with Gasteiger partial charge in [0.2, 0.25) is 15.9 Å². The fraction of sp³-hybridized carbons (Fsp3) is 0.364. The molecule has 8 heteroatoms. The molecule has 1 aliphatic heterocycles. The molecule has 1 fully saturated rings. The number of aromatic nitrogens is 1. The zero-order valence-electron chi connectivity index (χ0n) is 17.3. The van der Waals surface area contributed by atoms with Crippen LogP contribution in [0.2, 0.25) is 0 Å². The molecule has 2 heterocycles. The molecule has 0 saturated carbocycles. The largest absolute Gasteiger partial charge is 0.302 e. The number of sulfonamides is 1. The predicted octanol–water partition coefficient (Wildman–Crippen LogP) is 4.26. The molecule has 1 aromatic heterocycles. The fourth-order valence-corrected chi connectivity index (χ4v) is 6.71. The number of piperidine rings is 1. The lowest BCUT2D eigenvalue weighted by molar-refractivity contribution is -0.120. The monoisotopic (exact) mass is 443 g/mol. The first kappa shape index (κ1) is 21.0. The summed E-state index contributed by atoms with van der Waals surface area (Å²) in [4.78, 5) is 17.7. The SMILES string of the molecule is Cc1cc(C)c2nc(NC(=O)C3CCN(S(=O)(=O)c4ccccc4C)CC3)sc2c1. The van der Waals surface area contributed by atoms with E-state index < -0.39 is 10.0 Å². The lowest BCUT2D eigenvalue weighted by atomic mass is 9.97. The van der Waals surface area contributed by atoms with Gasteiger partial charge in [-0.05, 0) is 62.4 Å². The van der Waals surface area contributed by atoms with E-state index in [-0.39, 0.29) is 11.8 Å². The minimum Gasteiger partial charge on any atom is -0.302 e. The number of amides is 1. The molecule has 0 unspecified atom stereocenters. The molecular weight excluding hydrogens is 418 g/mol. The topological polar surface area (TPSA) is 79.4 Å². The van der Waals surface area contributed by atoms with Crippen molar-refractivity contribution in [2.24, 2.45) is 5.92 Å². The van der Waals surface area contributed by atoms with Gasteiger partial charge in [-0.3, -0.25) is 4.79 Å². The van der Waals surface area contributed by atoms with Gasteiger partial charge in [-0.25, -0.2) is 13.4 Å².